The van der Waals surface area contributed by atoms with Gasteiger partial charge in [-0.2, -0.15) is 5.10 Å². The van der Waals surface area contributed by atoms with Crippen LogP contribution in [0.3, 0.4) is 0 Å². The number of aromatic amines is 1. The van der Waals surface area contributed by atoms with Crippen LogP contribution in [0, 0.1) is 0 Å². The van der Waals surface area contributed by atoms with Crippen LogP contribution in [0.1, 0.15) is 18.1 Å². The molecule has 0 aliphatic heterocycles. The second kappa shape index (κ2) is 4.69. The lowest BCUT2D eigenvalue weighted by Crippen LogP contribution is -2.21. The zero-order valence-corrected chi connectivity index (χ0v) is 9.64. The highest BCUT2D eigenvalue weighted by molar-refractivity contribution is 6.00. The van der Waals surface area contributed by atoms with Crippen molar-refractivity contribution in [1.29, 1.82) is 0 Å². The van der Waals surface area contributed by atoms with Crippen LogP contribution in [0.15, 0.2) is 34.6 Å². The Balaban J connectivity index is 2.43. The Kier molecular flexibility index (Phi) is 3.09. The third-order valence-corrected chi connectivity index (χ3v) is 2.58. The number of aromatic nitrogens is 1. The predicted octanol–water partition coefficient (Wildman–Crippen LogP) is 1.34. The summed E-state index contributed by atoms with van der Waals surface area (Å²) in [4.78, 5) is 3.24. The quantitative estimate of drug-likeness (QED) is 0.421. The highest BCUT2D eigenvalue weighted by Crippen LogP contribution is 2.20. The number of benzene rings is 1. The summed E-state index contributed by atoms with van der Waals surface area (Å²) in [5.41, 5.74) is 13.8. The van der Waals surface area contributed by atoms with E-state index < -0.39 is 0 Å². The molecule has 0 unspecified atom stereocenters. The number of fused-ring (bicyclic) bond motifs is 1. The molecule has 0 aliphatic rings. The van der Waals surface area contributed by atoms with Gasteiger partial charge in [0.05, 0.1) is 6.21 Å². The number of nitrogens with two attached hydrogens (primary N) is 2. The average molecular weight is 229 g/mol. The number of H-pyrrole nitrogens is 1. The van der Waals surface area contributed by atoms with Crippen LogP contribution in [0.4, 0.5) is 0 Å². The van der Waals surface area contributed by atoms with Crippen LogP contribution in [0.25, 0.3) is 10.9 Å². The number of aryl methyl sites for hydroxylation is 1. The van der Waals surface area contributed by atoms with E-state index in [2.05, 4.69) is 28.2 Å². The molecular formula is C12H15N5. The molecule has 17 heavy (non-hydrogen) atoms. The molecule has 5 N–H and O–H groups in total. The van der Waals surface area contributed by atoms with Crippen molar-refractivity contribution in [3.63, 3.8) is 0 Å². The lowest BCUT2D eigenvalue weighted by Gasteiger charge is -1.98. The molecule has 5 nitrogen and oxygen atoms in total. The first kappa shape index (κ1) is 11.2. The summed E-state index contributed by atoms with van der Waals surface area (Å²) >= 11 is 0. The fourth-order valence-corrected chi connectivity index (χ4v) is 1.80. The lowest BCUT2D eigenvalue weighted by atomic mass is 10.1. The third-order valence-electron chi connectivity index (χ3n) is 2.58. The molecule has 0 atom stereocenters. The Morgan fingerprint density at radius 2 is 2.24 bits per heavy atom. The van der Waals surface area contributed by atoms with E-state index in [0.717, 1.165) is 22.9 Å². The molecule has 1 aromatic heterocycles. The fraction of sp³-hybridized carbons (Fsp3) is 0.167. The summed E-state index contributed by atoms with van der Waals surface area (Å²) in [6.45, 7) is 2.13. The molecule has 2 aromatic rings. The van der Waals surface area contributed by atoms with Gasteiger partial charge in [-0.15, -0.1) is 5.10 Å². The Labute approximate surface area is 99.2 Å². The largest absolute Gasteiger partial charge is 0.369 e. The molecule has 0 saturated carbocycles. The zero-order chi connectivity index (χ0) is 12.3. The first-order valence-electron chi connectivity index (χ1n) is 5.43. The minimum atomic E-state index is -0.0460. The van der Waals surface area contributed by atoms with Gasteiger partial charge in [-0.1, -0.05) is 25.1 Å². The van der Waals surface area contributed by atoms with E-state index in [4.69, 9.17) is 11.5 Å². The van der Waals surface area contributed by atoms with Gasteiger partial charge >= 0.3 is 0 Å². The van der Waals surface area contributed by atoms with Gasteiger partial charge in [0, 0.05) is 22.7 Å². The van der Waals surface area contributed by atoms with Crippen LogP contribution in [-0.4, -0.2) is 17.2 Å². The summed E-state index contributed by atoms with van der Waals surface area (Å²) in [6.07, 6.45) is 4.52. The smallest absolute Gasteiger partial charge is 0.211 e. The van der Waals surface area contributed by atoms with E-state index in [0.29, 0.717) is 0 Å². The van der Waals surface area contributed by atoms with Crippen molar-refractivity contribution in [3.05, 3.63) is 35.5 Å². The van der Waals surface area contributed by atoms with Crippen LogP contribution in [-0.2, 0) is 6.42 Å². The number of guanidine groups is 1. The first-order valence-corrected chi connectivity index (χ1v) is 5.43. The van der Waals surface area contributed by atoms with Gasteiger partial charge in [0.25, 0.3) is 0 Å². The minimum Gasteiger partial charge on any atom is -0.369 e. The number of rotatable bonds is 3. The van der Waals surface area contributed by atoms with Crippen molar-refractivity contribution >= 4 is 23.1 Å². The number of hydrogen-bond donors (Lipinski definition) is 3. The van der Waals surface area contributed by atoms with Gasteiger partial charge in [0.1, 0.15) is 0 Å². The molecule has 0 bridgehead atoms. The molecule has 2 rings (SSSR count). The van der Waals surface area contributed by atoms with E-state index in [-0.39, 0.29) is 5.96 Å². The van der Waals surface area contributed by atoms with Crippen molar-refractivity contribution in [3.8, 4) is 0 Å². The first-order chi connectivity index (χ1) is 8.22. The maximum Gasteiger partial charge on any atom is 0.211 e. The second-order valence-corrected chi connectivity index (χ2v) is 3.71. The Morgan fingerprint density at radius 3 is 2.94 bits per heavy atom. The van der Waals surface area contributed by atoms with E-state index in [1.54, 1.807) is 6.21 Å². The van der Waals surface area contributed by atoms with Gasteiger partial charge in [0.2, 0.25) is 5.96 Å². The minimum absolute atomic E-state index is 0.0460. The molecule has 0 fully saturated rings. The Bertz CT molecular complexity index is 576. The summed E-state index contributed by atoms with van der Waals surface area (Å²) in [5, 5.41) is 8.51. The highest BCUT2D eigenvalue weighted by Gasteiger charge is 2.04. The lowest BCUT2D eigenvalue weighted by molar-refractivity contribution is 1.15. The second-order valence-electron chi connectivity index (χ2n) is 3.71. The maximum atomic E-state index is 5.20. The number of hydrogen-bond acceptors (Lipinski definition) is 2. The molecule has 0 amide bonds. The Morgan fingerprint density at radius 1 is 1.41 bits per heavy atom. The topological polar surface area (TPSA) is 92.5 Å². The molecule has 1 heterocycles. The van der Waals surface area contributed by atoms with Crippen LogP contribution < -0.4 is 11.5 Å². The average Bonchev–Trinajstić information content (AvgIpc) is 2.72. The SMILES string of the molecule is CCc1cccc2c(/C=N/N=C(N)N)c[nH]c12. The van der Waals surface area contributed by atoms with Crippen molar-refractivity contribution in [2.45, 2.75) is 13.3 Å². The molecule has 88 valence electrons. The molecule has 0 aliphatic carbocycles. The third kappa shape index (κ3) is 2.28. The van der Waals surface area contributed by atoms with Crippen molar-refractivity contribution < 1.29 is 0 Å². The number of nitrogens with zero attached hydrogens (tertiary/aromatic N) is 2. The summed E-state index contributed by atoms with van der Waals surface area (Å²) in [7, 11) is 0. The molecule has 1 aromatic carbocycles. The standard InChI is InChI=1S/C12H15N5/c1-2-8-4-3-5-10-9(6-15-11(8)10)7-16-17-12(13)14/h3-7,15H,2H2,1H3,(H4,13,14,17)/b16-7+. The Hall–Kier alpha value is -2.30. The normalized spacial score (nSPS) is 11.1. The van der Waals surface area contributed by atoms with E-state index in [9.17, 15) is 0 Å². The highest BCUT2D eigenvalue weighted by atomic mass is 15.3. The van der Waals surface area contributed by atoms with E-state index in [1.807, 2.05) is 18.3 Å². The van der Waals surface area contributed by atoms with Crippen LogP contribution in [0.2, 0.25) is 0 Å². The van der Waals surface area contributed by atoms with Gasteiger partial charge < -0.3 is 16.5 Å². The summed E-state index contributed by atoms with van der Waals surface area (Å²) in [6, 6.07) is 6.19. The number of para-hydroxylation sites is 1. The van der Waals surface area contributed by atoms with Crippen molar-refractivity contribution in [2.75, 3.05) is 0 Å². The summed E-state index contributed by atoms with van der Waals surface area (Å²) < 4.78 is 0. The molecule has 0 spiro atoms. The fourth-order valence-electron chi connectivity index (χ4n) is 1.80. The van der Waals surface area contributed by atoms with Crippen LogP contribution in [0.5, 0.6) is 0 Å². The summed E-state index contributed by atoms with van der Waals surface area (Å²) in [5.74, 6) is -0.0460. The predicted molar refractivity (Wildman–Crippen MR) is 71.1 cm³/mol. The van der Waals surface area contributed by atoms with Crippen molar-refractivity contribution in [2.24, 2.45) is 21.7 Å². The maximum absolute atomic E-state index is 5.20. The molecular weight excluding hydrogens is 214 g/mol. The van der Waals surface area contributed by atoms with Gasteiger partial charge in [-0.25, -0.2) is 0 Å². The van der Waals surface area contributed by atoms with Crippen molar-refractivity contribution in [1.82, 2.24) is 4.98 Å². The van der Waals surface area contributed by atoms with E-state index >= 15 is 0 Å². The molecule has 5 heteroatoms. The van der Waals surface area contributed by atoms with E-state index in [1.165, 1.54) is 5.56 Å². The van der Waals surface area contributed by atoms with Gasteiger partial charge in [-0.05, 0) is 12.0 Å². The number of nitrogens with one attached hydrogen (secondary N) is 1. The van der Waals surface area contributed by atoms with Gasteiger partial charge in [0.15, 0.2) is 0 Å². The van der Waals surface area contributed by atoms with Crippen LogP contribution >= 0.6 is 0 Å². The zero-order valence-electron chi connectivity index (χ0n) is 9.64. The van der Waals surface area contributed by atoms with Gasteiger partial charge in [-0.3, -0.25) is 0 Å². The molecule has 0 saturated heterocycles. The monoisotopic (exact) mass is 229 g/mol. The molecule has 0 radical (unpaired) electrons.